The molecule has 2 aliphatic rings. The zero-order valence-electron chi connectivity index (χ0n) is 20.4. The lowest BCUT2D eigenvalue weighted by atomic mass is 9.86. The van der Waals surface area contributed by atoms with Gasteiger partial charge in [-0.1, -0.05) is 61.9 Å². The first-order valence-electron chi connectivity index (χ1n) is 12.4. The SMILES string of the molecule is CCC(C)(CNC(=O)OCC1c2ccccc2-c2ccccc21)C(=O)NC[C@H]1CCC[C@H]1C(=O)O. The van der Waals surface area contributed by atoms with Gasteiger partial charge in [-0.05, 0) is 54.4 Å². The van der Waals surface area contributed by atoms with E-state index in [0.717, 1.165) is 24.0 Å². The number of rotatable bonds is 9. The maximum atomic E-state index is 12.9. The molecule has 0 saturated heterocycles. The number of hydrogen-bond donors (Lipinski definition) is 3. The van der Waals surface area contributed by atoms with E-state index in [4.69, 9.17) is 4.74 Å². The third kappa shape index (κ3) is 5.19. The zero-order chi connectivity index (χ0) is 25.0. The Kier molecular flexibility index (Phi) is 7.43. The number of benzene rings is 2. The normalized spacial score (nSPS) is 20.4. The summed E-state index contributed by atoms with van der Waals surface area (Å²) in [6.45, 7) is 4.40. The molecule has 1 fully saturated rings. The molecule has 7 heteroatoms. The number of fused-ring (bicyclic) bond motifs is 3. The van der Waals surface area contributed by atoms with Gasteiger partial charge < -0.3 is 20.5 Å². The van der Waals surface area contributed by atoms with Gasteiger partial charge in [0.05, 0.1) is 11.3 Å². The monoisotopic (exact) mass is 478 g/mol. The first kappa shape index (κ1) is 24.8. The van der Waals surface area contributed by atoms with Crippen molar-refractivity contribution in [1.29, 1.82) is 0 Å². The van der Waals surface area contributed by atoms with Crippen molar-refractivity contribution in [2.24, 2.45) is 17.3 Å². The molecule has 1 unspecified atom stereocenters. The minimum atomic E-state index is -0.817. The highest BCUT2D eigenvalue weighted by Gasteiger charge is 2.36. The zero-order valence-corrected chi connectivity index (χ0v) is 20.4. The molecule has 0 aromatic heterocycles. The number of alkyl carbamates (subject to hydrolysis) is 1. The number of carbonyl (C=O) groups is 3. The Labute approximate surface area is 206 Å². The minimum Gasteiger partial charge on any atom is -0.481 e. The lowest BCUT2D eigenvalue weighted by Crippen LogP contribution is -2.48. The van der Waals surface area contributed by atoms with Crippen LogP contribution in [0.2, 0.25) is 0 Å². The first-order valence-corrected chi connectivity index (χ1v) is 12.4. The molecule has 3 atom stereocenters. The fourth-order valence-electron chi connectivity index (χ4n) is 5.33. The number of carboxylic acids is 1. The lowest BCUT2D eigenvalue weighted by Gasteiger charge is -2.28. The molecule has 0 aliphatic heterocycles. The Morgan fingerprint density at radius 1 is 1.00 bits per heavy atom. The number of amides is 2. The molecule has 0 radical (unpaired) electrons. The first-order chi connectivity index (χ1) is 16.8. The van der Waals surface area contributed by atoms with Crippen LogP contribution in [-0.4, -0.2) is 42.8 Å². The van der Waals surface area contributed by atoms with Crippen LogP contribution in [0.3, 0.4) is 0 Å². The van der Waals surface area contributed by atoms with Crippen LogP contribution in [0.15, 0.2) is 48.5 Å². The summed E-state index contributed by atoms with van der Waals surface area (Å²) in [5, 5.41) is 15.1. The molecule has 0 spiro atoms. The van der Waals surface area contributed by atoms with E-state index in [9.17, 15) is 19.5 Å². The van der Waals surface area contributed by atoms with Gasteiger partial charge >= 0.3 is 12.1 Å². The minimum absolute atomic E-state index is 0.0254. The average molecular weight is 479 g/mol. The Balaban J connectivity index is 1.30. The standard InChI is InChI=1S/C28H34N2O5/c1-3-28(2,26(33)29-15-18-9-8-14-19(18)25(31)32)17-30-27(34)35-16-24-22-12-6-4-10-20(22)21-11-5-7-13-23(21)24/h4-7,10-13,18-19,24H,3,8-9,14-17H2,1-2H3,(H,29,33)(H,30,34)(H,31,32)/t18-,19-,28?/m1/s1. The Hall–Kier alpha value is -3.35. The Morgan fingerprint density at radius 3 is 2.23 bits per heavy atom. The lowest BCUT2D eigenvalue weighted by molar-refractivity contribution is -0.143. The van der Waals surface area contributed by atoms with Crippen molar-refractivity contribution < 1.29 is 24.2 Å². The summed E-state index contributed by atoms with van der Waals surface area (Å²) < 4.78 is 5.59. The summed E-state index contributed by atoms with van der Waals surface area (Å²) in [6.07, 6.45) is 2.30. The second-order valence-corrected chi connectivity index (χ2v) is 9.94. The van der Waals surface area contributed by atoms with Crippen LogP contribution in [0.25, 0.3) is 11.1 Å². The van der Waals surface area contributed by atoms with E-state index >= 15 is 0 Å². The number of hydrogen-bond acceptors (Lipinski definition) is 4. The second kappa shape index (κ2) is 10.5. The van der Waals surface area contributed by atoms with Crippen LogP contribution >= 0.6 is 0 Å². The third-order valence-electron chi connectivity index (χ3n) is 7.80. The van der Waals surface area contributed by atoms with Gasteiger partial charge in [0.25, 0.3) is 0 Å². The van der Waals surface area contributed by atoms with Crippen molar-refractivity contribution in [3.8, 4) is 11.1 Å². The van der Waals surface area contributed by atoms with E-state index in [1.807, 2.05) is 31.2 Å². The molecule has 4 rings (SSSR count). The number of nitrogens with one attached hydrogen (secondary N) is 2. The van der Waals surface area contributed by atoms with E-state index in [1.165, 1.54) is 11.1 Å². The predicted octanol–water partition coefficient (Wildman–Crippen LogP) is 4.56. The number of carbonyl (C=O) groups excluding carboxylic acids is 2. The van der Waals surface area contributed by atoms with Gasteiger partial charge in [0.2, 0.25) is 5.91 Å². The van der Waals surface area contributed by atoms with E-state index < -0.39 is 23.4 Å². The largest absolute Gasteiger partial charge is 0.481 e. The molecule has 2 aliphatic carbocycles. The quantitative estimate of drug-likeness (QED) is 0.490. The van der Waals surface area contributed by atoms with Gasteiger partial charge in [0.1, 0.15) is 6.61 Å². The van der Waals surface area contributed by atoms with Crippen molar-refractivity contribution in [1.82, 2.24) is 10.6 Å². The van der Waals surface area contributed by atoms with Crippen molar-refractivity contribution in [2.75, 3.05) is 19.7 Å². The van der Waals surface area contributed by atoms with Crippen molar-refractivity contribution in [3.05, 3.63) is 59.7 Å². The molecule has 0 bridgehead atoms. The van der Waals surface area contributed by atoms with Crippen molar-refractivity contribution in [3.63, 3.8) is 0 Å². The van der Waals surface area contributed by atoms with Gasteiger partial charge in [-0.2, -0.15) is 0 Å². The van der Waals surface area contributed by atoms with Crippen LogP contribution < -0.4 is 10.6 Å². The molecule has 0 heterocycles. The molecule has 2 aromatic rings. The number of aliphatic carboxylic acids is 1. The molecular weight excluding hydrogens is 444 g/mol. The van der Waals surface area contributed by atoms with E-state index in [0.29, 0.717) is 19.4 Å². The molecule has 7 nitrogen and oxygen atoms in total. The maximum Gasteiger partial charge on any atom is 0.407 e. The van der Waals surface area contributed by atoms with Gasteiger partial charge in [-0.3, -0.25) is 9.59 Å². The van der Waals surface area contributed by atoms with Gasteiger partial charge in [-0.15, -0.1) is 0 Å². The highest BCUT2D eigenvalue weighted by molar-refractivity contribution is 5.83. The van der Waals surface area contributed by atoms with Crippen LogP contribution in [0.5, 0.6) is 0 Å². The summed E-state index contributed by atoms with van der Waals surface area (Å²) in [4.78, 5) is 36.9. The highest BCUT2D eigenvalue weighted by Crippen LogP contribution is 2.44. The summed E-state index contributed by atoms with van der Waals surface area (Å²) in [7, 11) is 0. The fourth-order valence-corrected chi connectivity index (χ4v) is 5.33. The van der Waals surface area contributed by atoms with Crippen molar-refractivity contribution in [2.45, 2.75) is 45.4 Å². The molecular formula is C28H34N2O5. The van der Waals surface area contributed by atoms with Gasteiger partial charge in [0.15, 0.2) is 0 Å². The molecule has 2 aromatic carbocycles. The molecule has 1 saturated carbocycles. The Morgan fingerprint density at radius 2 is 1.63 bits per heavy atom. The average Bonchev–Trinajstić information content (AvgIpc) is 3.47. The molecule has 35 heavy (non-hydrogen) atoms. The summed E-state index contributed by atoms with van der Waals surface area (Å²) in [5.74, 6) is -1.45. The molecule has 3 N–H and O–H groups in total. The van der Waals surface area contributed by atoms with Crippen LogP contribution in [-0.2, 0) is 14.3 Å². The smallest absolute Gasteiger partial charge is 0.407 e. The Bertz CT molecular complexity index is 1050. The molecule has 186 valence electrons. The van der Waals surface area contributed by atoms with Crippen LogP contribution in [0.1, 0.15) is 56.6 Å². The molecule has 2 amide bonds. The maximum absolute atomic E-state index is 12.9. The van der Waals surface area contributed by atoms with E-state index in [1.54, 1.807) is 6.92 Å². The van der Waals surface area contributed by atoms with Gasteiger partial charge in [0, 0.05) is 19.0 Å². The van der Waals surface area contributed by atoms with Crippen molar-refractivity contribution >= 4 is 18.0 Å². The summed E-state index contributed by atoms with van der Waals surface area (Å²) in [6, 6.07) is 16.3. The second-order valence-electron chi connectivity index (χ2n) is 9.94. The van der Waals surface area contributed by atoms with Crippen LogP contribution in [0, 0.1) is 17.3 Å². The number of carboxylic acid groups (broad SMARTS) is 1. The van der Waals surface area contributed by atoms with E-state index in [-0.39, 0.29) is 30.9 Å². The topological polar surface area (TPSA) is 105 Å². The number of ether oxygens (including phenoxy) is 1. The van der Waals surface area contributed by atoms with Crippen LogP contribution in [0.4, 0.5) is 4.79 Å². The predicted molar refractivity (Wildman–Crippen MR) is 133 cm³/mol. The fraction of sp³-hybridized carbons (Fsp3) is 0.464. The highest BCUT2D eigenvalue weighted by atomic mass is 16.5. The summed E-state index contributed by atoms with van der Waals surface area (Å²) >= 11 is 0. The summed E-state index contributed by atoms with van der Waals surface area (Å²) in [5.41, 5.74) is 3.80. The van der Waals surface area contributed by atoms with Gasteiger partial charge in [-0.25, -0.2) is 4.79 Å². The van der Waals surface area contributed by atoms with E-state index in [2.05, 4.69) is 34.9 Å². The third-order valence-corrected chi connectivity index (χ3v) is 7.80.